The van der Waals surface area contributed by atoms with Gasteiger partial charge in [0.15, 0.2) is 0 Å². The Morgan fingerprint density at radius 1 is 1.44 bits per heavy atom. The van der Waals surface area contributed by atoms with Gasteiger partial charge in [0.05, 0.1) is 18.3 Å². The molecule has 0 aliphatic carbocycles. The lowest BCUT2D eigenvalue weighted by atomic mass is 10.3. The highest BCUT2D eigenvalue weighted by molar-refractivity contribution is 9.10. The minimum atomic E-state index is -0.974. The Labute approximate surface area is 99.9 Å². The maximum Gasteiger partial charge on any atom is 0.338 e. The van der Waals surface area contributed by atoms with E-state index >= 15 is 0 Å². The van der Waals surface area contributed by atoms with Gasteiger partial charge in [0.1, 0.15) is 0 Å². The van der Waals surface area contributed by atoms with Crippen molar-refractivity contribution in [3.8, 4) is 0 Å². The van der Waals surface area contributed by atoms with Crippen molar-refractivity contribution in [2.75, 3.05) is 0 Å². The summed E-state index contributed by atoms with van der Waals surface area (Å²) >= 11 is 3.32. The van der Waals surface area contributed by atoms with Crippen LogP contribution in [0.25, 0.3) is 0 Å². The van der Waals surface area contributed by atoms with Crippen LogP contribution in [0.3, 0.4) is 0 Å². The molecule has 2 rings (SSSR count). The van der Waals surface area contributed by atoms with Crippen LogP contribution in [0.2, 0.25) is 0 Å². The number of carboxylic acids is 1. The van der Waals surface area contributed by atoms with Gasteiger partial charge < -0.3 is 5.11 Å². The molecule has 0 aliphatic rings. The molecule has 0 atom stereocenters. The zero-order valence-electron chi connectivity index (χ0n) is 8.17. The molecule has 6 heteroatoms. The van der Waals surface area contributed by atoms with E-state index in [4.69, 9.17) is 5.11 Å². The molecule has 0 radical (unpaired) electrons. The van der Waals surface area contributed by atoms with Crippen molar-refractivity contribution in [1.82, 2.24) is 14.8 Å². The Bertz CT molecular complexity index is 524. The molecule has 2 aromatic heterocycles. The van der Waals surface area contributed by atoms with E-state index in [9.17, 15) is 4.79 Å². The molecule has 0 saturated carbocycles. The molecule has 2 aromatic rings. The molecule has 0 spiro atoms. The number of aromatic nitrogens is 3. The Morgan fingerprint density at radius 2 is 2.25 bits per heavy atom. The van der Waals surface area contributed by atoms with Crippen LogP contribution in [-0.2, 0) is 6.54 Å². The third-order valence-electron chi connectivity index (χ3n) is 1.99. The van der Waals surface area contributed by atoms with E-state index in [2.05, 4.69) is 26.0 Å². The second kappa shape index (κ2) is 4.44. The minimum Gasteiger partial charge on any atom is -0.478 e. The van der Waals surface area contributed by atoms with Gasteiger partial charge in [0.2, 0.25) is 0 Å². The summed E-state index contributed by atoms with van der Waals surface area (Å²) in [6.07, 6.45) is 6.22. The Kier molecular flexibility index (Phi) is 3.00. The fourth-order valence-electron chi connectivity index (χ4n) is 1.29. The SMILES string of the molecule is O=C(O)c1cnn(Cc2cncc(Br)c2)c1. The van der Waals surface area contributed by atoms with Gasteiger partial charge in [-0.1, -0.05) is 0 Å². The van der Waals surface area contributed by atoms with Crippen molar-refractivity contribution < 1.29 is 9.90 Å². The molecule has 5 nitrogen and oxygen atoms in total. The molecule has 0 aliphatic heterocycles. The van der Waals surface area contributed by atoms with E-state index < -0.39 is 5.97 Å². The summed E-state index contributed by atoms with van der Waals surface area (Å²) in [5.74, 6) is -0.974. The Morgan fingerprint density at radius 3 is 2.88 bits per heavy atom. The van der Waals surface area contributed by atoms with Crippen LogP contribution in [-0.4, -0.2) is 25.8 Å². The number of carbonyl (C=O) groups is 1. The standard InChI is InChI=1S/C10H8BrN3O2/c11-9-1-7(2-12-4-9)5-14-6-8(3-13-14)10(15)16/h1-4,6H,5H2,(H,15,16). The van der Waals surface area contributed by atoms with E-state index in [0.29, 0.717) is 6.54 Å². The van der Waals surface area contributed by atoms with Gasteiger partial charge in [-0.2, -0.15) is 5.10 Å². The number of hydrogen-bond donors (Lipinski definition) is 1. The van der Waals surface area contributed by atoms with E-state index in [1.165, 1.54) is 12.4 Å². The molecule has 0 bridgehead atoms. The molecule has 0 unspecified atom stereocenters. The molecular formula is C10H8BrN3O2. The van der Waals surface area contributed by atoms with Crippen LogP contribution in [0.5, 0.6) is 0 Å². The monoisotopic (exact) mass is 281 g/mol. The maximum absolute atomic E-state index is 10.6. The summed E-state index contributed by atoms with van der Waals surface area (Å²) < 4.78 is 2.45. The highest BCUT2D eigenvalue weighted by Crippen LogP contribution is 2.10. The number of halogens is 1. The highest BCUT2D eigenvalue weighted by Gasteiger charge is 2.06. The van der Waals surface area contributed by atoms with E-state index in [-0.39, 0.29) is 5.56 Å². The lowest BCUT2D eigenvalue weighted by Crippen LogP contribution is -2.00. The summed E-state index contributed by atoms with van der Waals surface area (Å²) in [5.41, 5.74) is 1.14. The normalized spacial score (nSPS) is 10.3. The second-order valence-corrected chi connectivity index (χ2v) is 4.16. The lowest BCUT2D eigenvalue weighted by Gasteiger charge is -2.01. The Hall–Kier alpha value is -1.69. The molecular weight excluding hydrogens is 274 g/mol. The van der Waals surface area contributed by atoms with Gasteiger partial charge in [-0.25, -0.2) is 4.79 Å². The number of pyridine rings is 1. The van der Waals surface area contributed by atoms with Crippen molar-refractivity contribution in [2.24, 2.45) is 0 Å². The van der Waals surface area contributed by atoms with Gasteiger partial charge >= 0.3 is 5.97 Å². The third-order valence-corrected chi connectivity index (χ3v) is 2.42. The smallest absolute Gasteiger partial charge is 0.338 e. The van der Waals surface area contributed by atoms with Crippen molar-refractivity contribution in [1.29, 1.82) is 0 Å². The van der Waals surface area contributed by atoms with E-state index in [1.807, 2.05) is 6.07 Å². The van der Waals surface area contributed by atoms with Crippen LogP contribution in [0.4, 0.5) is 0 Å². The average molecular weight is 282 g/mol. The number of hydrogen-bond acceptors (Lipinski definition) is 3. The van der Waals surface area contributed by atoms with Gasteiger partial charge in [-0.05, 0) is 27.6 Å². The van der Waals surface area contributed by atoms with Crippen molar-refractivity contribution >= 4 is 21.9 Å². The molecule has 82 valence electrons. The summed E-state index contributed by atoms with van der Waals surface area (Å²) in [4.78, 5) is 14.7. The zero-order valence-corrected chi connectivity index (χ0v) is 9.75. The van der Waals surface area contributed by atoms with Crippen molar-refractivity contribution in [3.05, 3.63) is 46.5 Å². The summed E-state index contributed by atoms with van der Waals surface area (Å²) in [6.45, 7) is 0.500. The third kappa shape index (κ3) is 2.46. The zero-order chi connectivity index (χ0) is 11.5. The number of aromatic carboxylic acids is 1. The largest absolute Gasteiger partial charge is 0.478 e. The predicted molar refractivity (Wildman–Crippen MR) is 60.2 cm³/mol. The first-order valence-corrected chi connectivity index (χ1v) is 5.29. The fraction of sp³-hybridized carbons (Fsp3) is 0.100. The second-order valence-electron chi connectivity index (χ2n) is 3.24. The van der Waals surface area contributed by atoms with Gasteiger partial charge in [0.25, 0.3) is 0 Å². The van der Waals surface area contributed by atoms with Crippen LogP contribution < -0.4 is 0 Å². The molecule has 1 N–H and O–H groups in total. The van der Waals surface area contributed by atoms with Crippen molar-refractivity contribution in [3.63, 3.8) is 0 Å². The number of rotatable bonds is 3. The molecule has 2 heterocycles. The molecule has 0 aromatic carbocycles. The highest BCUT2D eigenvalue weighted by atomic mass is 79.9. The topological polar surface area (TPSA) is 68.0 Å². The van der Waals surface area contributed by atoms with E-state index in [0.717, 1.165) is 10.0 Å². The van der Waals surface area contributed by atoms with Crippen LogP contribution >= 0.6 is 15.9 Å². The summed E-state index contributed by atoms with van der Waals surface area (Å²) in [6, 6.07) is 1.91. The van der Waals surface area contributed by atoms with Gasteiger partial charge in [0, 0.05) is 23.1 Å². The van der Waals surface area contributed by atoms with Crippen LogP contribution in [0.1, 0.15) is 15.9 Å². The van der Waals surface area contributed by atoms with Gasteiger partial charge in [-0.15, -0.1) is 0 Å². The Balaban J connectivity index is 2.17. The van der Waals surface area contributed by atoms with Crippen molar-refractivity contribution in [2.45, 2.75) is 6.54 Å². The molecule has 0 fully saturated rings. The summed E-state index contributed by atoms with van der Waals surface area (Å²) in [5, 5.41) is 12.7. The average Bonchev–Trinajstić information content (AvgIpc) is 2.66. The maximum atomic E-state index is 10.6. The minimum absolute atomic E-state index is 0.183. The fourth-order valence-corrected chi connectivity index (χ4v) is 1.70. The molecule has 16 heavy (non-hydrogen) atoms. The summed E-state index contributed by atoms with van der Waals surface area (Å²) in [7, 11) is 0. The van der Waals surface area contributed by atoms with Crippen LogP contribution in [0, 0.1) is 0 Å². The van der Waals surface area contributed by atoms with Crippen LogP contribution in [0.15, 0.2) is 35.3 Å². The quantitative estimate of drug-likeness (QED) is 0.931. The molecule has 0 saturated heterocycles. The lowest BCUT2D eigenvalue weighted by molar-refractivity contribution is 0.0697. The predicted octanol–water partition coefficient (Wildman–Crippen LogP) is 1.79. The first kappa shape index (κ1) is 10.8. The van der Waals surface area contributed by atoms with Gasteiger partial charge in [-0.3, -0.25) is 9.67 Å². The first-order valence-electron chi connectivity index (χ1n) is 4.50. The van der Waals surface area contributed by atoms with E-state index in [1.54, 1.807) is 17.1 Å². The molecule has 0 amide bonds. The first-order chi connectivity index (χ1) is 7.65. The number of nitrogens with zero attached hydrogens (tertiary/aromatic N) is 3. The number of carboxylic acid groups (broad SMARTS) is 1.